The molecule has 3 aliphatic rings. The second kappa shape index (κ2) is 8.87. The van der Waals surface area contributed by atoms with Crippen LogP contribution in [0.3, 0.4) is 0 Å². The second-order valence-electron chi connectivity index (χ2n) is 9.60. The Morgan fingerprint density at radius 2 is 1.76 bits per heavy atom. The van der Waals surface area contributed by atoms with Crippen LogP contribution in [-0.2, 0) is 26.8 Å². The van der Waals surface area contributed by atoms with Crippen LogP contribution in [0.4, 0.5) is 5.69 Å². The summed E-state index contributed by atoms with van der Waals surface area (Å²) in [5.41, 5.74) is 2.25. The Labute approximate surface area is 200 Å². The number of nitrogens with one attached hydrogen (secondary N) is 1. The standard InChI is InChI=1S/C25H31N3O5S/c1-25(2,19-6-9-22-23(15-19)33-17-32-22)26-16-24(29)28-13-10-18-14-20(7-8-21(18)28)34(30,31)27-11-4-3-5-12-27/h6-9,14-15,26H,3-5,10-13,16-17H2,1-2H3. The maximum Gasteiger partial charge on any atom is 0.243 e. The fraction of sp³-hybridized carbons (Fsp3) is 0.480. The van der Waals surface area contributed by atoms with Crippen LogP contribution in [0.5, 0.6) is 11.5 Å². The minimum Gasteiger partial charge on any atom is -0.454 e. The van der Waals surface area contributed by atoms with Gasteiger partial charge in [0.2, 0.25) is 22.7 Å². The third-order valence-electron chi connectivity index (χ3n) is 6.98. The van der Waals surface area contributed by atoms with Crippen molar-refractivity contribution in [2.45, 2.75) is 50.0 Å². The van der Waals surface area contributed by atoms with E-state index >= 15 is 0 Å². The van der Waals surface area contributed by atoms with Crippen molar-refractivity contribution in [3.8, 4) is 11.5 Å². The van der Waals surface area contributed by atoms with Gasteiger partial charge in [-0.3, -0.25) is 10.1 Å². The van der Waals surface area contributed by atoms with Gasteiger partial charge in [-0.15, -0.1) is 0 Å². The summed E-state index contributed by atoms with van der Waals surface area (Å²) in [7, 11) is -3.49. The molecule has 0 radical (unpaired) electrons. The third-order valence-corrected chi connectivity index (χ3v) is 8.87. The van der Waals surface area contributed by atoms with Crippen LogP contribution in [0.25, 0.3) is 0 Å². The van der Waals surface area contributed by atoms with Crippen molar-refractivity contribution in [2.75, 3.05) is 37.9 Å². The molecule has 0 atom stereocenters. The highest BCUT2D eigenvalue weighted by Gasteiger charge is 2.31. The molecule has 1 saturated heterocycles. The van der Waals surface area contributed by atoms with Crippen molar-refractivity contribution in [2.24, 2.45) is 0 Å². The van der Waals surface area contributed by atoms with E-state index in [4.69, 9.17) is 9.47 Å². The number of fused-ring (bicyclic) bond motifs is 2. The highest BCUT2D eigenvalue weighted by atomic mass is 32.2. The van der Waals surface area contributed by atoms with E-state index in [-0.39, 0.29) is 19.2 Å². The summed E-state index contributed by atoms with van der Waals surface area (Å²) in [4.78, 5) is 15.2. The van der Waals surface area contributed by atoms with Crippen LogP contribution >= 0.6 is 0 Å². The summed E-state index contributed by atoms with van der Waals surface area (Å²) in [6.07, 6.45) is 3.53. The number of piperidine rings is 1. The Kier molecular flexibility index (Phi) is 6.03. The molecule has 0 saturated carbocycles. The van der Waals surface area contributed by atoms with E-state index in [1.165, 1.54) is 0 Å². The molecule has 34 heavy (non-hydrogen) atoms. The Morgan fingerprint density at radius 3 is 2.56 bits per heavy atom. The van der Waals surface area contributed by atoms with Gasteiger partial charge in [0.05, 0.1) is 11.4 Å². The number of hydrogen-bond acceptors (Lipinski definition) is 6. The highest BCUT2D eigenvalue weighted by Crippen LogP contribution is 2.36. The summed E-state index contributed by atoms with van der Waals surface area (Å²) in [6, 6.07) is 11.0. The van der Waals surface area contributed by atoms with E-state index in [1.54, 1.807) is 27.4 Å². The summed E-state index contributed by atoms with van der Waals surface area (Å²) in [6.45, 7) is 6.13. The molecule has 5 rings (SSSR count). The van der Waals surface area contributed by atoms with Crippen LogP contribution in [-0.4, -0.2) is 51.6 Å². The fourth-order valence-electron chi connectivity index (χ4n) is 4.83. The zero-order chi connectivity index (χ0) is 23.9. The van der Waals surface area contributed by atoms with Crippen molar-refractivity contribution in [1.82, 2.24) is 9.62 Å². The number of carbonyl (C=O) groups is 1. The lowest BCUT2D eigenvalue weighted by Gasteiger charge is -2.28. The summed E-state index contributed by atoms with van der Waals surface area (Å²) in [5.74, 6) is 1.40. The number of benzene rings is 2. The predicted molar refractivity (Wildman–Crippen MR) is 129 cm³/mol. The summed E-state index contributed by atoms with van der Waals surface area (Å²) >= 11 is 0. The number of ether oxygens (including phenoxy) is 2. The van der Waals surface area contributed by atoms with E-state index in [1.807, 2.05) is 32.0 Å². The van der Waals surface area contributed by atoms with Gasteiger partial charge in [0.1, 0.15) is 0 Å². The van der Waals surface area contributed by atoms with E-state index in [0.717, 1.165) is 41.8 Å². The maximum absolute atomic E-state index is 13.1. The molecule has 1 N–H and O–H groups in total. The predicted octanol–water partition coefficient (Wildman–Crippen LogP) is 3.00. The smallest absolute Gasteiger partial charge is 0.243 e. The monoisotopic (exact) mass is 485 g/mol. The molecule has 0 spiro atoms. The van der Waals surface area contributed by atoms with Gasteiger partial charge in [0.25, 0.3) is 0 Å². The normalized spacial score (nSPS) is 18.2. The first-order valence-electron chi connectivity index (χ1n) is 11.8. The topological polar surface area (TPSA) is 88.2 Å². The van der Waals surface area contributed by atoms with Gasteiger partial charge in [-0.05, 0) is 74.6 Å². The quantitative estimate of drug-likeness (QED) is 0.677. The van der Waals surface area contributed by atoms with E-state index in [0.29, 0.717) is 36.7 Å². The zero-order valence-corrected chi connectivity index (χ0v) is 20.5. The molecular weight excluding hydrogens is 454 g/mol. The van der Waals surface area contributed by atoms with E-state index < -0.39 is 15.6 Å². The van der Waals surface area contributed by atoms with Gasteiger partial charge in [-0.2, -0.15) is 4.31 Å². The van der Waals surface area contributed by atoms with Crippen molar-refractivity contribution in [3.63, 3.8) is 0 Å². The molecule has 182 valence electrons. The first-order chi connectivity index (χ1) is 16.3. The molecule has 3 heterocycles. The van der Waals surface area contributed by atoms with Crippen LogP contribution in [0.15, 0.2) is 41.3 Å². The third kappa shape index (κ3) is 4.28. The summed E-state index contributed by atoms with van der Waals surface area (Å²) in [5, 5.41) is 3.36. The first-order valence-corrected chi connectivity index (χ1v) is 13.3. The lowest BCUT2D eigenvalue weighted by atomic mass is 9.94. The minimum absolute atomic E-state index is 0.0424. The molecule has 2 aromatic carbocycles. The van der Waals surface area contributed by atoms with Crippen LogP contribution in [0, 0.1) is 0 Å². The Balaban J connectivity index is 1.27. The molecule has 0 bridgehead atoms. The minimum atomic E-state index is -3.49. The van der Waals surface area contributed by atoms with Crippen molar-refractivity contribution < 1.29 is 22.7 Å². The van der Waals surface area contributed by atoms with Gasteiger partial charge in [0, 0.05) is 30.9 Å². The molecule has 3 aliphatic heterocycles. The van der Waals surface area contributed by atoms with Gasteiger partial charge in [0.15, 0.2) is 11.5 Å². The van der Waals surface area contributed by atoms with Crippen LogP contribution in [0.2, 0.25) is 0 Å². The lowest BCUT2D eigenvalue weighted by Crippen LogP contribution is -2.44. The molecule has 0 aromatic heterocycles. The Bertz CT molecular complexity index is 1210. The number of rotatable bonds is 6. The number of anilines is 1. The number of nitrogens with zero attached hydrogens (tertiary/aromatic N) is 2. The first kappa shape index (κ1) is 23.1. The van der Waals surface area contributed by atoms with Gasteiger partial charge in [-0.25, -0.2) is 8.42 Å². The molecule has 0 aliphatic carbocycles. The SMILES string of the molecule is CC(C)(NCC(=O)N1CCc2cc(S(=O)(=O)N3CCCCC3)ccc21)c1ccc2c(c1)OCO2. The number of amides is 1. The van der Waals surface area contributed by atoms with E-state index in [9.17, 15) is 13.2 Å². The second-order valence-corrected chi connectivity index (χ2v) is 11.5. The van der Waals surface area contributed by atoms with Gasteiger partial charge < -0.3 is 14.4 Å². The number of hydrogen-bond donors (Lipinski definition) is 1. The fourth-order valence-corrected chi connectivity index (χ4v) is 6.40. The van der Waals surface area contributed by atoms with Gasteiger partial charge >= 0.3 is 0 Å². The van der Waals surface area contributed by atoms with Crippen LogP contribution < -0.4 is 19.7 Å². The number of sulfonamides is 1. The zero-order valence-electron chi connectivity index (χ0n) is 19.7. The van der Waals surface area contributed by atoms with Gasteiger partial charge in [-0.1, -0.05) is 12.5 Å². The highest BCUT2D eigenvalue weighted by molar-refractivity contribution is 7.89. The largest absolute Gasteiger partial charge is 0.454 e. The van der Waals surface area contributed by atoms with Crippen molar-refractivity contribution >= 4 is 21.6 Å². The average Bonchev–Trinajstić information content (AvgIpc) is 3.49. The van der Waals surface area contributed by atoms with E-state index in [2.05, 4.69) is 5.32 Å². The molecule has 2 aromatic rings. The molecule has 8 nitrogen and oxygen atoms in total. The maximum atomic E-state index is 13.1. The lowest BCUT2D eigenvalue weighted by molar-refractivity contribution is -0.118. The average molecular weight is 486 g/mol. The molecule has 0 unspecified atom stereocenters. The molecule has 1 fully saturated rings. The van der Waals surface area contributed by atoms with Crippen molar-refractivity contribution in [1.29, 1.82) is 0 Å². The summed E-state index contributed by atoms with van der Waals surface area (Å²) < 4.78 is 38.5. The molecular formula is C25H31N3O5S. The molecule has 9 heteroatoms. The Morgan fingerprint density at radius 1 is 1.00 bits per heavy atom. The number of carbonyl (C=O) groups excluding carboxylic acids is 1. The molecule has 1 amide bonds. The van der Waals surface area contributed by atoms with Crippen LogP contribution in [0.1, 0.15) is 44.2 Å². The Hall–Kier alpha value is -2.62. The van der Waals surface area contributed by atoms with Crippen molar-refractivity contribution in [3.05, 3.63) is 47.5 Å².